The minimum absolute atomic E-state index is 0.0727. The number of hydrogen-bond acceptors (Lipinski definition) is 4. The van der Waals surface area contributed by atoms with Crippen molar-refractivity contribution in [1.82, 2.24) is 9.80 Å². The number of likely N-dealkylation sites (tertiary alicyclic amines) is 2. The van der Waals surface area contributed by atoms with E-state index in [1.165, 1.54) is 19.2 Å². The van der Waals surface area contributed by atoms with Gasteiger partial charge in [0.15, 0.2) is 0 Å². The summed E-state index contributed by atoms with van der Waals surface area (Å²) in [5, 5.41) is 0. The molecule has 1 atom stereocenters. The highest BCUT2D eigenvalue weighted by atomic mass is 19.4. The predicted octanol–water partition coefficient (Wildman–Crippen LogP) is 3.25. The van der Waals surface area contributed by atoms with Crippen molar-refractivity contribution in [3.05, 3.63) is 48.0 Å². The minimum Gasteiger partial charge on any atom is -0.469 e. The van der Waals surface area contributed by atoms with Crippen LogP contribution in [0, 0.1) is 5.92 Å². The molecule has 2 saturated heterocycles. The van der Waals surface area contributed by atoms with Gasteiger partial charge in [-0.15, -0.1) is 6.58 Å². The second kappa shape index (κ2) is 8.18. The Hall–Kier alpha value is -2.35. The molecule has 158 valence electrons. The van der Waals surface area contributed by atoms with Crippen LogP contribution in [0.25, 0.3) is 0 Å². The Balaban J connectivity index is 1.70. The molecule has 0 saturated carbocycles. The Kier molecular flexibility index (Phi) is 6.03. The van der Waals surface area contributed by atoms with Crippen LogP contribution in [-0.4, -0.2) is 54.0 Å². The largest absolute Gasteiger partial charge is 0.469 e. The highest BCUT2D eigenvalue weighted by molar-refractivity contribution is 5.89. The Morgan fingerprint density at radius 3 is 2.41 bits per heavy atom. The number of nitrogens with zero attached hydrogens (tertiary/aromatic N) is 2. The number of ether oxygens (including phenoxy) is 1. The molecular weight excluding hydrogens is 385 g/mol. The van der Waals surface area contributed by atoms with Gasteiger partial charge < -0.3 is 9.64 Å². The molecule has 0 N–H and O–H groups in total. The molecule has 3 rings (SSSR count). The van der Waals surface area contributed by atoms with Crippen molar-refractivity contribution in [3.8, 4) is 0 Å². The summed E-state index contributed by atoms with van der Waals surface area (Å²) in [5.41, 5.74) is -0.456. The summed E-state index contributed by atoms with van der Waals surface area (Å²) in [7, 11) is 1.33. The van der Waals surface area contributed by atoms with Gasteiger partial charge in [0.05, 0.1) is 24.1 Å². The van der Waals surface area contributed by atoms with Crippen molar-refractivity contribution < 1.29 is 27.5 Å². The topological polar surface area (TPSA) is 49.9 Å². The molecule has 0 aromatic heterocycles. The minimum atomic E-state index is -4.34. The maximum Gasteiger partial charge on any atom is 0.416 e. The maximum absolute atomic E-state index is 12.7. The van der Waals surface area contributed by atoms with Crippen LogP contribution < -0.4 is 0 Å². The fourth-order valence-electron chi connectivity index (χ4n) is 4.54. The summed E-state index contributed by atoms with van der Waals surface area (Å²) in [6.45, 7) is 5.89. The summed E-state index contributed by atoms with van der Waals surface area (Å²) in [5.74, 6) is -0.953. The molecule has 1 unspecified atom stereocenters. The van der Waals surface area contributed by atoms with Gasteiger partial charge in [-0.05, 0) is 30.5 Å². The van der Waals surface area contributed by atoms with E-state index in [4.69, 9.17) is 4.74 Å². The molecule has 1 aromatic carbocycles. The van der Waals surface area contributed by atoms with Crippen LogP contribution in [0.4, 0.5) is 13.2 Å². The molecular formula is C21H25F3N2O3. The molecule has 8 heteroatoms. The van der Waals surface area contributed by atoms with E-state index in [0.717, 1.165) is 17.7 Å². The first kappa shape index (κ1) is 21.4. The molecule has 0 aliphatic carbocycles. The van der Waals surface area contributed by atoms with Gasteiger partial charge in [0.25, 0.3) is 0 Å². The van der Waals surface area contributed by atoms with Crippen molar-refractivity contribution in [2.75, 3.05) is 26.7 Å². The average Bonchev–Trinajstić information content (AvgIpc) is 2.95. The Labute approximate surface area is 168 Å². The second-order valence-corrected chi connectivity index (χ2v) is 7.65. The summed E-state index contributed by atoms with van der Waals surface area (Å²) in [6.07, 6.45) is -1.34. The lowest BCUT2D eigenvalue weighted by molar-refractivity contribution is -0.150. The van der Waals surface area contributed by atoms with Gasteiger partial charge in [-0.2, -0.15) is 13.2 Å². The molecule has 2 aliphatic heterocycles. The number of methoxy groups -OCH3 is 1. The average molecular weight is 410 g/mol. The van der Waals surface area contributed by atoms with Crippen LogP contribution in [-0.2, 0) is 27.0 Å². The summed E-state index contributed by atoms with van der Waals surface area (Å²) >= 11 is 0. The van der Waals surface area contributed by atoms with Crippen LogP contribution in [0.2, 0.25) is 0 Å². The van der Waals surface area contributed by atoms with Crippen molar-refractivity contribution in [2.24, 2.45) is 5.92 Å². The number of piperidine rings is 1. The fraction of sp³-hybridized carbons (Fsp3) is 0.524. The zero-order chi connectivity index (χ0) is 21.2. The van der Waals surface area contributed by atoms with E-state index in [9.17, 15) is 22.8 Å². The van der Waals surface area contributed by atoms with Gasteiger partial charge in [-0.25, -0.2) is 0 Å². The van der Waals surface area contributed by atoms with Crippen molar-refractivity contribution in [1.29, 1.82) is 0 Å². The smallest absolute Gasteiger partial charge is 0.416 e. The van der Waals surface area contributed by atoms with Crippen molar-refractivity contribution in [2.45, 2.75) is 37.5 Å². The predicted molar refractivity (Wildman–Crippen MR) is 101 cm³/mol. The first-order chi connectivity index (χ1) is 13.7. The fourth-order valence-corrected chi connectivity index (χ4v) is 4.54. The third-order valence-corrected chi connectivity index (χ3v) is 6.07. The normalized spacial score (nSPS) is 22.1. The lowest BCUT2D eigenvalue weighted by atomic mass is 9.76. The standard InChI is InChI=1S/C21H25F3N2O3/c1-3-10-26-18(27)13-17(19(28)29-2)20(26)8-11-25(12-9-20)14-15-4-6-16(7-5-15)21(22,23)24/h3-7,17H,1,8-14H2,2H3. The maximum atomic E-state index is 12.7. The zero-order valence-electron chi connectivity index (χ0n) is 16.4. The molecule has 0 bridgehead atoms. The number of carbonyl (C=O) groups excluding carboxylic acids is 2. The van der Waals surface area contributed by atoms with E-state index < -0.39 is 23.2 Å². The van der Waals surface area contributed by atoms with E-state index in [1.54, 1.807) is 11.0 Å². The molecule has 5 nitrogen and oxygen atoms in total. The molecule has 29 heavy (non-hydrogen) atoms. The van der Waals surface area contributed by atoms with E-state index >= 15 is 0 Å². The van der Waals surface area contributed by atoms with Crippen LogP contribution in [0.1, 0.15) is 30.4 Å². The van der Waals surface area contributed by atoms with Gasteiger partial charge in [0.1, 0.15) is 0 Å². The summed E-state index contributed by atoms with van der Waals surface area (Å²) in [6, 6.07) is 5.17. The van der Waals surface area contributed by atoms with Gasteiger partial charge in [-0.1, -0.05) is 18.2 Å². The third-order valence-electron chi connectivity index (χ3n) is 6.07. The summed E-state index contributed by atoms with van der Waals surface area (Å²) in [4.78, 5) is 28.7. The van der Waals surface area contributed by atoms with Gasteiger partial charge in [-0.3, -0.25) is 14.5 Å². The molecule has 0 radical (unpaired) electrons. The Morgan fingerprint density at radius 2 is 1.90 bits per heavy atom. The quantitative estimate of drug-likeness (QED) is 0.552. The number of esters is 1. The van der Waals surface area contributed by atoms with Crippen molar-refractivity contribution >= 4 is 11.9 Å². The lowest BCUT2D eigenvalue weighted by Gasteiger charge is -2.46. The van der Waals surface area contributed by atoms with Crippen molar-refractivity contribution in [3.63, 3.8) is 0 Å². The van der Waals surface area contributed by atoms with Gasteiger partial charge >= 0.3 is 12.1 Å². The number of benzene rings is 1. The monoisotopic (exact) mass is 410 g/mol. The zero-order valence-corrected chi connectivity index (χ0v) is 16.4. The molecule has 1 amide bonds. The number of rotatable bonds is 5. The number of hydrogen-bond donors (Lipinski definition) is 0. The van der Waals surface area contributed by atoms with Crippen LogP contribution >= 0.6 is 0 Å². The van der Waals surface area contributed by atoms with E-state index in [-0.39, 0.29) is 18.3 Å². The van der Waals surface area contributed by atoms with Crippen LogP contribution in [0.5, 0.6) is 0 Å². The highest BCUT2D eigenvalue weighted by Crippen LogP contribution is 2.44. The molecule has 1 spiro atoms. The molecule has 2 fully saturated rings. The SMILES string of the molecule is C=CCN1C(=O)CC(C(=O)OC)C12CCN(Cc1ccc(C(F)(F)F)cc1)CC2. The second-order valence-electron chi connectivity index (χ2n) is 7.65. The van der Waals surface area contributed by atoms with Crippen LogP contribution in [0.3, 0.4) is 0 Å². The molecule has 1 aromatic rings. The first-order valence-corrected chi connectivity index (χ1v) is 9.59. The number of alkyl halides is 3. The third kappa shape index (κ3) is 4.17. The highest BCUT2D eigenvalue weighted by Gasteiger charge is 2.56. The molecule has 2 heterocycles. The van der Waals surface area contributed by atoms with Gasteiger partial charge in [0.2, 0.25) is 5.91 Å². The van der Waals surface area contributed by atoms with E-state index in [0.29, 0.717) is 39.0 Å². The number of halogens is 3. The first-order valence-electron chi connectivity index (χ1n) is 9.59. The summed E-state index contributed by atoms with van der Waals surface area (Å²) < 4.78 is 43.1. The lowest BCUT2D eigenvalue weighted by Crippen LogP contribution is -2.57. The van der Waals surface area contributed by atoms with Crippen LogP contribution in [0.15, 0.2) is 36.9 Å². The number of carbonyl (C=O) groups is 2. The van der Waals surface area contributed by atoms with Gasteiger partial charge in [0, 0.05) is 32.6 Å². The Bertz CT molecular complexity index is 768. The van der Waals surface area contributed by atoms with E-state index in [2.05, 4.69) is 11.5 Å². The van der Waals surface area contributed by atoms with E-state index in [1.807, 2.05) is 0 Å². The molecule has 2 aliphatic rings. The number of amides is 1. The Morgan fingerprint density at radius 1 is 1.28 bits per heavy atom.